The van der Waals surface area contributed by atoms with Gasteiger partial charge in [0.25, 0.3) is 0 Å². The second-order valence-electron chi connectivity index (χ2n) is 8.23. The van der Waals surface area contributed by atoms with Gasteiger partial charge in [-0.3, -0.25) is 9.59 Å². The topological polar surface area (TPSA) is 113 Å². The normalized spacial score (nSPS) is 19.3. The van der Waals surface area contributed by atoms with E-state index in [0.29, 0.717) is 24.6 Å². The van der Waals surface area contributed by atoms with Gasteiger partial charge in [-0.05, 0) is 57.0 Å². The molecule has 3 rings (SSSR count). The maximum absolute atomic E-state index is 12.8. The Labute approximate surface area is 178 Å². The maximum atomic E-state index is 12.8. The number of sulfonamides is 1. The second kappa shape index (κ2) is 10.4. The molecule has 2 heterocycles. The van der Waals surface area contributed by atoms with Crippen molar-refractivity contribution in [1.82, 2.24) is 9.80 Å². The van der Waals surface area contributed by atoms with Crippen LogP contribution in [-0.2, 0) is 19.6 Å². The molecule has 9 heteroatoms. The lowest BCUT2D eigenvalue weighted by molar-refractivity contribution is -0.137. The third kappa shape index (κ3) is 6.52. The summed E-state index contributed by atoms with van der Waals surface area (Å²) >= 11 is 0. The first-order chi connectivity index (χ1) is 14.3. The van der Waals surface area contributed by atoms with Crippen molar-refractivity contribution < 1.29 is 18.0 Å². The summed E-state index contributed by atoms with van der Waals surface area (Å²) in [5, 5.41) is 7.85. The molecular formula is C21H32N4O4S. The average molecular weight is 437 g/mol. The molecule has 2 amide bonds. The Morgan fingerprint density at radius 3 is 2.33 bits per heavy atom. The number of piperidine rings is 1. The number of benzene rings is 1. The standard InChI is InChI=1S/C21H32N4O4S/c22-30(28,29)19-7-5-6-18(16-19)23-20(26)10-15-24-13-8-17(9-14-24)21(27)25-11-3-1-2-4-12-25/h5-7,16-17H,1-4,8-15H2,(H,23,26)(H2,22,28,29). The summed E-state index contributed by atoms with van der Waals surface area (Å²) in [7, 11) is -3.80. The zero-order chi connectivity index (χ0) is 21.6. The van der Waals surface area contributed by atoms with Crippen LogP contribution in [0.1, 0.15) is 44.9 Å². The first-order valence-corrected chi connectivity index (χ1v) is 12.3. The molecule has 0 saturated carbocycles. The van der Waals surface area contributed by atoms with E-state index >= 15 is 0 Å². The van der Waals surface area contributed by atoms with Crippen molar-refractivity contribution >= 4 is 27.5 Å². The van der Waals surface area contributed by atoms with Crippen LogP contribution in [0.3, 0.4) is 0 Å². The highest BCUT2D eigenvalue weighted by molar-refractivity contribution is 7.89. The molecule has 2 saturated heterocycles. The molecule has 166 valence electrons. The largest absolute Gasteiger partial charge is 0.342 e. The van der Waals surface area contributed by atoms with E-state index in [2.05, 4.69) is 15.1 Å². The van der Waals surface area contributed by atoms with Gasteiger partial charge < -0.3 is 15.1 Å². The number of rotatable bonds is 6. The Bertz CT molecular complexity index is 842. The molecule has 0 aromatic heterocycles. The Hall–Kier alpha value is -1.97. The van der Waals surface area contributed by atoms with Crippen molar-refractivity contribution in [2.24, 2.45) is 11.1 Å². The minimum absolute atomic E-state index is 0.0311. The van der Waals surface area contributed by atoms with Gasteiger partial charge in [-0.2, -0.15) is 0 Å². The molecule has 3 N–H and O–H groups in total. The van der Waals surface area contributed by atoms with Gasteiger partial charge in [-0.1, -0.05) is 18.9 Å². The van der Waals surface area contributed by atoms with Crippen molar-refractivity contribution in [3.63, 3.8) is 0 Å². The zero-order valence-corrected chi connectivity index (χ0v) is 18.2. The molecule has 2 fully saturated rings. The highest BCUT2D eigenvalue weighted by atomic mass is 32.2. The molecule has 1 aromatic carbocycles. The molecule has 1 aromatic rings. The highest BCUT2D eigenvalue weighted by Crippen LogP contribution is 2.22. The minimum atomic E-state index is -3.80. The number of anilines is 1. The fourth-order valence-corrected chi connectivity index (χ4v) is 4.75. The molecule has 2 aliphatic rings. The first kappa shape index (κ1) is 22.7. The number of nitrogens with one attached hydrogen (secondary N) is 1. The number of hydrogen-bond acceptors (Lipinski definition) is 5. The maximum Gasteiger partial charge on any atom is 0.238 e. The van der Waals surface area contributed by atoms with E-state index in [-0.39, 0.29) is 16.7 Å². The number of likely N-dealkylation sites (tertiary alicyclic amines) is 2. The summed E-state index contributed by atoms with van der Waals surface area (Å²) in [5.41, 5.74) is 0.410. The smallest absolute Gasteiger partial charge is 0.238 e. The Balaban J connectivity index is 1.41. The number of nitrogens with zero attached hydrogens (tertiary/aromatic N) is 2. The van der Waals surface area contributed by atoms with Crippen molar-refractivity contribution in [3.05, 3.63) is 24.3 Å². The van der Waals surface area contributed by atoms with Crippen LogP contribution >= 0.6 is 0 Å². The van der Waals surface area contributed by atoms with Gasteiger partial charge in [0.1, 0.15) is 0 Å². The lowest BCUT2D eigenvalue weighted by atomic mass is 9.95. The number of primary sulfonamides is 1. The third-order valence-electron chi connectivity index (χ3n) is 5.96. The van der Waals surface area contributed by atoms with Crippen molar-refractivity contribution in [3.8, 4) is 0 Å². The lowest BCUT2D eigenvalue weighted by Crippen LogP contribution is -2.43. The van der Waals surface area contributed by atoms with E-state index in [1.807, 2.05) is 0 Å². The fourth-order valence-electron chi connectivity index (χ4n) is 4.19. The predicted molar refractivity (Wildman–Crippen MR) is 115 cm³/mol. The van der Waals surface area contributed by atoms with Gasteiger partial charge in [-0.25, -0.2) is 13.6 Å². The summed E-state index contributed by atoms with van der Waals surface area (Å²) in [6.07, 6.45) is 6.65. The summed E-state index contributed by atoms with van der Waals surface area (Å²) in [5.74, 6) is 0.238. The summed E-state index contributed by atoms with van der Waals surface area (Å²) in [6, 6.07) is 5.92. The van der Waals surface area contributed by atoms with Gasteiger partial charge >= 0.3 is 0 Å². The van der Waals surface area contributed by atoms with E-state index in [1.165, 1.54) is 25.0 Å². The van der Waals surface area contributed by atoms with E-state index in [1.54, 1.807) is 12.1 Å². The molecule has 0 atom stereocenters. The van der Waals surface area contributed by atoms with Crippen LogP contribution in [0, 0.1) is 5.92 Å². The molecule has 2 aliphatic heterocycles. The van der Waals surface area contributed by atoms with E-state index in [4.69, 9.17) is 5.14 Å². The quantitative estimate of drug-likeness (QED) is 0.706. The minimum Gasteiger partial charge on any atom is -0.342 e. The van der Waals surface area contributed by atoms with E-state index in [9.17, 15) is 18.0 Å². The molecule has 0 aliphatic carbocycles. The average Bonchev–Trinajstić information content (AvgIpc) is 3.01. The monoisotopic (exact) mass is 436 g/mol. The third-order valence-corrected chi connectivity index (χ3v) is 6.87. The van der Waals surface area contributed by atoms with Gasteiger partial charge in [0, 0.05) is 37.7 Å². The lowest BCUT2D eigenvalue weighted by Gasteiger charge is -2.33. The molecule has 30 heavy (non-hydrogen) atoms. The Morgan fingerprint density at radius 1 is 1.03 bits per heavy atom. The van der Waals surface area contributed by atoms with Crippen LogP contribution in [0.5, 0.6) is 0 Å². The molecule has 0 unspecified atom stereocenters. The zero-order valence-electron chi connectivity index (χ0n) is 17.4. The van der Waals surface area contributed by atoms with Crippen LogP contribution in [-0.4, -0.2) is 62.8 Å². The van der Waals surface area contributed by atoms with Crippen molar-refractivity contribution in [2.75, 3.05) is 38.0 Å². The van der Waals surface area contributed by atoms with Gasteiger partial charge in [0.15, 0.2) is 0 Å². The first-order valence-electron chi connectivity index (χ1n) is 10.8. The number of nitrogens with two attached hydrogens (primary N) is 1. The van der Waals surface area contributed by atoms with E-state index in [0.717, 1.165) is 51.9 Å². The van der Waals surface area contributed by atoms with Crippen molar-refractivity contribution in [2.45, 2.75) is 49.8 Å². The van der Waals surface area contributed by atoms with Crippen LogP contribution in [0.4, 0.5) is 5.69 Å². The Morgan fingerprint density at radius 2 is 1.70 bits per heavy atom. The van der Waals surface area contributed by atoms with Crippen LogP contribution in [0.15, 0.2) is 29.2 Å². The number of hydrogen-bond donors (Lipinski definition) is 2. The molecular weight excluding hydrogens is 404 g/mol. The van der Waals surface area contributed by atoms with Crippen LogP contribution in [0.2, 0.25) is 0 Å². The molecule has 0 bridgehead atoms. The van der Waals surface area contributed by atoms with Gasteiger partial charge in [-0.15, -0.1) is 0 Å². The number of carbonyl (C=O) groups is 2. The summed E-state index contributed by atoms with van der Waals surface area (Å²) < 4.78 is 22.9. The fraction of sp³-hybridized carbons (Fsp3) is 0.619. The number of carbonyl (C=O) groups excluding carboxylic acids is 2. The molecule has 0 spiro atoms. The van der Waals surface area contributed by atoms with E-state index < -0.39 is 10.0 Å². The summed E-state index contributed by atoms with van der Waals surface area (Å²) in [6.45, 7) is 4.04. The SMILES string of the molecule is NS(=O)(=O)c1cccc(NC(=O)CCN2CCC(C(=O)N3CCCCCC3)CC2)c1. The van der Waals surface area contributed by atoms with Crippen LogP contribution < -0.4 is 10.5 Å². The Kier molecular flexibility index (Phi) is 7.85. The van der Waals surface area contributed by atoms with Gasteiger partial charge in [0.05, 0.1) is 4.90 Å². The second-order valence-corrected chi connectivity index (χ2v) is 9.79. The molecule has 8 nitrogen and oxygen atoms in total. The van der Waals surface area contributed by atoms with Gasteiger partial charge in [0.2, 0.25) is 21.8 Å². The highest BCUT2D eigenvalue weighted by Gasteiger charge is 2.28. The molecule has 0 radical (unpaired) electrons. The predicted octanol–water partition coefficient (Wildman–Crippen LogP) is 1.78. The number of amides is 2. The summed E-state index contributed by atoms with van der Waals surface area (Å²) in [4.78, 5) is 29.3. The van der Waals surface area contributed by atoms with Crippen molar-refractivity contribution in [1.29, 1.82) is 0 Å². The van der Waals surface area contributed by atoms with Crippen LogP contribution in [0.25, 0.3) is 0 Å².